The highest BCUT2D eigenvalue weighted by molar-refractivity contribution is 8.14. The minimum atomic E-state index is -3.79. The van der Waals surface area contributed by atoms with E-state index in [2.05, 4.69) is 0 Å². The van der Waals surface area contributed by atoms with Crippen molar-refractivity contribution < 1.29 is 22.3 Å². The van der Waals surface area contributed by atoms with E-state index in [0.29, 0.717) is 0 Å². The van der Waals surface area contributed by atoms with Gasteiger partial charge in [-0.1, -0.05) is 12.1 Å². The number of methoxy groups -OCH3 is 1. The SMILES string of the molecule is COc1cccc(CN2CC(S(=O)(=O)Cl)CC2=O)c1F. The average molecular weight is 322 g/mol. The number of likely N-dealkylation sites (tertiary alicyclic amines) is 1. The monoisotopic (exact) mass is 321 g/mol. The molecule has 1 unspecified atom stereocenters. The molecule has 1 aliphatic heterocycles. The summed E-state index contributed by atoms with van der Waals surface area (Å²) in [4.78, 5) is 13.0. The summed E-state index contributed by atoms with van der Waals surface area (Å²) in [5.41, 5.74) is 0.269. The van der Waals surface area contributed by atoms with E-state index in [0.717, 1.165) is 0 Å². The van der Waals surface area contributed by atoms with Gasteiger partial charge in [0.05, 0.1) is 7.11 Å². The summed E-state index contributed by atoms with van der Waals surface area (Å²) in [6.45, 7) is -0.0356. The van der Waals surface area contributed by atoms with E-state index in [1.807, 2.05) is 0 Å². The summed E-state index contributed by atoms with van der Waals surface area (Å²) in [5, 5.41) is -0.940. The molecule has 0 saturated carbocycles. The number of hydrogen-bond donors (Lipinski definition) is 0. The lowest BCUT2D eigenvalue weighted by atomic mass is 10.2. The zero-order chi connectivity index (χ0) is 14.9. The average Bonchev–Trinajstić information content (AvgIpc) is 2.73. The quantitative estimate of drug-likeness (QED) is 0.788. The zero-order valence-electron chi connectivity index (χ0n) is 10.7. The number of ether oxygens (including phenoxy) is 1. The maximum Gasteiger partial charge on any atom is 0.237 e. The van der Waals surface area contributed by atoms with Crippen molar-refractivity contribution in [3.8, 4) is 5.75 Å². The standard InChI is InChI=1S/C12H13ClFNO4S/c1-19-10-4-2-3-8(12(10)14)6-15-7-9(5-11(15)16)20(13,17)18/h2-4,9H,5-7H2,1H3. The third-order valence-electron chi connectivity index (χ3n) is 3.20. The maximum atomic E-state index is 14.0. The van der Waals surface area contributed by atoms with Crippen molar-refractivity contribution in [2.24, 2.45) is 0 Å². The highest BCUT2D eigenvalue weighted by Gasteiger charge is 2.37. The Morgan fingerprint density at radius 3 is 2.75 bits per heavy atom. The van der Waals surface area contributed by atoms with Gasteiger partial charge in [-0.25, -0.2) is 12.8 Å². The number of halogens is 2. The molecule has 1 atom stereocenters. The van der Waals surface area contributed by atoms with Crippen LogP contribution < -0.4 is 4.74 Å². The largest absolute Gasteiger partial charge is 0.494 e. The van der Waals surface area contributed by atoms with Crippen LogP contribution in [0.1, 0.15) is 12.0 Å². The van der Waals surface area contributed by atoms with E-state index >= 15 is 0 Å². The van der Waals surface area contributed by atoms with E-state index in [9.17, 15) is 17.6 Å². The predicted octanol–water partition coefficient (Wildman–Crippen LogP) is 1.50. The number of amides is 1. The lowest BCUT2D eigenvalue weighted by Crippen LogP contribution is -2.27. The van der Waals surface area contributed by atoms with Gasteiger partial charge in [-0.05, 0) is 6.07 Å². The fourth-order valence-corrected chi connectivity index (χ4v) is 3.18. The second-order valence-electron chi connectivity index (χ2n) is 4.51. The van der Waals surface area contributed by atoms with Crippen LogP contribution in [0.2, 0.25) is 0 Å². The van der Waals surface area contributed by atoms with Gasteiger partial charge >= 0.3 is 0 Å². The molecule has 1 aromatic rings. The maximum absolute atomic E-state index is 14.0. The molecule has 0 aliphatic carbocycles. The van der Waals surface area contributed by atoms with E-state index in [1.165, 1.54) is 24.1 Å². The Bertz CT molecular complexity index is 634. The molecule has 1 aliphatic rings. The Hall–Kier alpha value is -1.34. The Morgan fingerprint density at radius 1 is 1.50 bits per heavy atom. The normalized spacial score (nSPS) is 19.4. The van der Waals surface area contributed by atoms with Gasteiger partial charge < -0.3 is 9.64 Å². The van der Waals surface area contributed by atoms with Gasteiger partial charge in [0.1, 0.15) is 5.25 Å². The molecule has 1 saturated heterocycles. The van der Waals surface area contributed by atoms with Gasteiger partial charge in [-0.2, -0.15) is 0 Å². The van der Waals surface area contributed by atoms with Crippen molar-refractivity contribution >= 4 is 25.6 Å². The second kappa shape index (κ2) is 5.57. The number of nitrogens with zero attached hydrogens (tertiary/aromatic N) is 1. The highest BCUT2D eigenvalue weighted by atomic mass is 35.7. The van der Waals surface area contributed by atoms with Crippen LogP contribution in [0.25, 0.3) is 0 Å². The first-order valence-electron chi connectivity index (χ1n) is 5.85. The molecule has 0 spiro atoms. The molecular weight excluding hydrogens is 309 g/mol. The molecule has 0 aromatic heterocycles. The van der Waals surface area contributed by atoms with Gasteiger partial charge in [-0.3, -0.25) is 4.79 Å². The summed E-state index contributed by atoms with van der Waals surface area (Å²) < 4.78 is 41.3. The van der Waals surface area contributed by atoms with Crippen LogP contribution in [0.3, 0.4) is 0 Å². The molecule has 1 fully saturated rings. The van der Waals surface area contributed by atoms with Gasteiger partial charge in [0.15, 0.2) is 11.6 Å². The predicted molar refractivity (Wildman–Crippen MR) is 71.5 cm³/mol. The van der Waals surface area contributed by atoms with Crippen molar-refractivity contribution in [1.82, 2.24) is 4.90 Å². The van der Waals surface area contributed by atoms with Gasteiger partial charge in [-0.15, -0.1) is 0 Å². The molecule has 5 nitrogen and oxygen atoms in total. The first-order valence-corrected chi connectivity index (χ1v) is 8.22. The number of hydrogen-bond acceptors (Lipinski definition) is 4. The minimum Gasteiger partial charge on any atom is -0.494 e. The lowest BCUT2D eigenvalue weighted by molar-refractivity contribution is -0.128. The van der Waals surface area contributed by atoms with Crippen molar-refractivity contribution in [3.63, 3.8) is 0 Å². The van der Waals surface area contributed by atoms with Crippen LogP contribution in [0.5, 0.6) is 5.75 Å². The molecular formula is C12H13ClFNO4S. The summed E-state index contributed by atoms with van der Waals surface area (Å²) >= 11 is 0. The molecule has 0 radical (unpaired) electrons. The summed E-state index contributed by atoms with van der Waals surface area (Å²) in [6.07, 6.45) is -0.169. The first-order chi connectivity index (χ1) is 9.32. The third-order valence-corrected chi connectivity index (χ3v) is 5.07. The van der Waals surface area contributed by atoms with E-state index in [4.69, 9.17) is 15.4 Å². The Kier molecular flexibility index (Phi) is 4.19. The highest BCUT2D eigenvalue weighted by Crippen LogP contribution is 2.26. The van der Waals surface area contributed by atoms with Crippen molar-refractivity contribution in [2.75, 3.05) is 13.7 Å². The van der Waals surface area contributed by atoms with Gasteiger partial charge in [0.25, 0.3) is 0 Å². The fourth-order valence-electron chi connectivity index (χ4n) is 2.12. The smallest absolute Gasteiger partial charge is 0.237 e. The fraction of sp³-hybridized carbons (Fsp3) is 0.417. The number of benzene rings is 1. The van der Waals surface area contributed by atoms with E-state index < -0.39 is 20.1 Å². The third kappa shape index (κ3) is 3.04. The zero-order valence-corrected chi connectivity index (χ0v) is 12.2. The first kappa shape index (κ1) is 15.1. The van der Waals surface area contributed by atoms with Crippen molar-refractivity contribution in [1.29, 1.82) is 0 Å². The molecule has 0 N–H and O–H groups in total. The summed E-state index contributed by atoms with van der Waals surface area (Å²) in [7, 11) is 2.81. The molecule has 8 heteroatoms. The molecule has 1 heterocycles. The van der Waals surface area contributed by atoms with Crippen LogP contribution in [0.4, 0.5) is 4.39 Å². The summed E-state index contributed by atoms with van der Waals surface area (Å²) in [5.74, 6) is -0.836. The minimum absolute atomic E-state index is 0.00915. The molecule has 1 amide bonds. The Labute approximate surface area is 120 Å². The second-order valence-corrected chi connectivity index (χ2v) is 7.42. The number of rotatable bonds is 4. The van der Waals surface area contributed by atoms with Crippen LogP contribution in [0.15, 0.2) is 18.2 Å². The Balaban J connectivity index is 2.17. The molecule has 1 aromatic carbocycles. The Morgan fingerprint density at radius 2 is 2.20 bits per heavy atom. The van der Waals surface area contributed by atoms with Crippen LogP contribution in [-0.2, 0) is 20.4 Å². The number of carbonyl (C=O) groups excluding carboxylic acids is 1. The molecule has 2 rings (SSSR count). The van der Waals surface area contributed by atoms with Crippen molar-refractivity contribution in [3.05, 3.63) is 29.6 Å². The molecule has 20 heavy (non-hydrogen) atoms. The van der Waals surface area contributed by atoms with Crippen LogP contribution in [0, 0.1) is 5.82 Å². The number of carbonyl (C=O) groups is 1. The summed E-state index contributed by atoms with van der Waals surface area (Å²) in [6, 6.07) is 4.60. The van der Waals surface area contributed by atoms with E-state index in [-0.39, 0.29) is 36.7 Å². The lowest BCUT2D eigenvalue weighted by Gasteiger charge is -2.17. The molecule has 110 valence electrons. The molecule has 0 bridgehead atoms. The van der Waals surface area contributed by atoms with Crippen LogP contribution in [-0.4, -0.2) is 38.1 Å². The van der Waals surface area contributed by atoms with E-state index in [1.54, 1.807) is 6.07 Å². The van der Waals surface area contributed by atoms with Gasteiger partial charge in [0.2, 0.25) is 15.0 Å². The topological polar surface area (TPSA) is 63.7 Å². The van der Waals surface area contributed by atoms with Crippen LogP contribution >= 0.6 is 10.7 Å². The van der Waals surface area contributed by atoms with Crippen molar-refractivity contribution in [2.45, 2.75) is 18.2 Å². The van der Waals surface area contributed by atoms with Gasteiger partial charge in [0, 0.05) is 35.8 Å².